The normalized spacial score (nSPS) is 29.1. The molecule has 29 heavy (non-hydrogen) atoms. The van der Waals surface area contributed by atoms with Crippen molar-refractivity contribution in [2.45, 2.75) is 44.0 Å². The van der Waals surface area contributed by atoms with E-state index >= 15 is 0 Å². The lowest BCUT2D eigenvalue weighted by Gasteiger charge is -2.33. The molecule has 154 valence electrons. The van der Waals surface area contributed by atoms with E-state index in [-0.39, 0.29) is 29.7 Å². The summed E-state index contributed by atoms with van der Waals surface area (Å²) in [5.41, 5.74) is 0.0701. The molecule has 2 fully saturated rings. The number of carbonyl (C=O) groups is 1. The molecule has 1 aromatic heterocycles. The summed E-state index contributed by atoms with van der Waals surface area (Å²) in [5, 5.41) is 21.9. The first-order valence-corrected chi connectivity index (χ1v) is 10.9. The second-order valence-electron chi connectivity index (χ2n) is 7.54. The topological polar surface area (TPSA) is 88.9 Å². The van der Waals surface area contributed by atoms with E-state index in [2.05, 4.69) is 17.1 Å². The highest BCUT2D eigenvalue weighted by molar-refractivity contribution is 7.09. The van der Waals surface area contributed by atoms with E-state index in [1.54, 1.807) is 5.38 Å². The lowest BCUT2D eigenvalue weighted by molar-refractivity contribution is -0.0767. The molecule has 1 saturated carbocycles. The van der Waals surface area contributed by atoms with Gasteiger partial charge >= 0.3 is 5.97 Å². The molecule has 2 aromatic rings. The van der Waals surface area contributed by atoms with Gasteiger partial charge in [-0.2, -0.15) is 0 Å². The Kier molecular flexibility index (Phi) is 6.28. The summed E-state index contributed by atoms with van der Waals surface area (Å²) < 4.78 is 11.9. The highest BCUT2D eigenvalue weighted by Crippen LogP contribution is 2.46. The van der Waals surface area contributed by atoms with E-state index in [0.717, 1.165) is 25.0 Å². The molecule has 0 radical (unpaired) electrons. The first-order chi connectivity index (χ1) is 14.1. The molecule has 2 N–H and O–H groups in total. The first-order valence-electron chi connectivity index (χ1n) is 9.98. The van der Waals surface area contributed by atoms with Crippen LogP contribution in [0.5, 0.6) is 5.75 Å². The number of aromatic nitrogens is 1. The van der Waals surface area contributed by atoms with E-state index in [1.807, 2.05) is 30.3 Å². The fourth-order valence-electron chi connectivity index (χ4n) is 4.26. The second kappa shape index (κ2) is 9.07. The summed E-state index contributed by atoms with van der Waals surface area (Å²) in [7, 11) is 0. The summed E-state index contributed by atoms with van der Waals surface area (Å²) in [6, 6.07) is 9.73. The van der Waals surface area contributed by atoms with Crippen LogP contribution in [0.2, 0.25) is 0 Å². The molecule has 7 heteroatoms. The zero-order chi connectivity index (χ0) is 20.2. The number of aliphatic hydroxyl groups excluding tert-OH is 1. The third-order valence-corrected chi connectivity index (χ3v) is 6.60. The summed E-state index contributed by atoms with van der Waals surface area (Å²) in [6.45, 7) is 0.603. The van der Waals surface area contributed by atoms with Crippen molar-refractivity contribution in [2.75, 3.05) is 6.61 Å². The van der Waals surface area contributed by atoms with Gasteiger partial charge in [0.25, 0.3) is 0 Å². The third-order valence-electron chi connectivity index (χ3n) is 5.66. The monoisotopic (exact) mass is 415 g/mol. The Hall–Kier alpha value is -2.22. The Morgan fingerprint density at radius 2 is 2.14 bits per heavy atom. The van der Waals surface area contributed by atoms with Crippen LogP contribution in [0.15, 0.2) is 47.9 Å². The van der Waals surface area contributed by atoms with Crippen molar-refractivity contribution in [3.05, 3.63) is 58.6 Å². The molecule has 4 rings (SSSR count). The standard InChI is InChI=1S/C22H25NO5S/c24-18-12-20-16(9-10-19(28-20)21-23-17(13-29-21)22(25)26)15(18)8-4-5-11-27-14-6-2-1-3-7-14/h1-4,6-8,13,15-16,18-20,24H,5,9-12H2,(H,25,26). The van der Waals surface area contributed by atoms with Crippen LogP contribution in [0.3, 0.4) is 0 Å². The molecule has 2 aliphatic rings. The van der Waals surface area contributed by atoms with Gasteiger partial charge in [-0.3, -0.25) is 0 Å². The minimum atomic E-state index is -1.01. The van der Waals surface area contributed by atoms with Crippen molar-refractivity contribution in [1.82, 2.24) is 4.98 Å². The zero-order valence-electron chi connectivity index (χ0n) is 16.0. The highest BCUT2D eigenvalue weighted by atomic mass is 32.1. The molecule has 2 heterocycles. The molecule has 1 aliphatic heterocycles. The Balaban J connectivity index is 1.29. The number of ether oxygens (including phenoxy) is 2. The molecular weight excluding hydrogens is 390 g/mol. The summed E-state index contributed by atoms with van der Waals surface area (Å²) >= 11 is 1.33. The van der Waals surface area contributed by atoms with E-state index in [1.165, 1.54) is 11.3 Å². The van der Waals surface area contributed by atoms with Crippen molar-refractivity contribution in [2.24, 2.45) is 11.8 Å². The molecule has 1 saturated heterocycles. The lowest BCUT2D eigenvalue weighted by Crippen LogP contribution is -2.29. The average molecular weight is 416 g/mol. The number of rotatable bonds is 7. The molecular formula is C22H25NO5S. The summed E-state index contributed by atoms with van der Waals surface area (Å²) in [5.74, 6) is 0.218. The van der Waals surface area contributed by atoms with Gasteiger partial charge in [-0.25, -0.2) is 9.78 Å². The van der Waals surface area contributed by atoms with Crippen LogP contribution in [0.25, 0.3) is 0 Å². The van der Waals surface area contributed by atoms with Gasteiger partial charge in [0, 0.05) is 17.7 Å². The van der Waals surface area contributed by atoms with Gasteiger partial charge in [0.2, 0.25) is 0 Å². The highest BCUT2D eigenvalue weighted by Gasteiger charge is 2.45. The molecule has 1 aromatic carbocycles. The van der Waals surface area contributed by atoms with Gasteiger partial charge in [0.1, 0.15) is 16.9 Å². The number of hydrogen-bond donors (Lipinski definition) is 2. The molecule has 5 atom stereocenters. The quantitative estimate of drug-likeness (QED) is 0.523. The smallest absolute Gasteiger partial charge is 0.355 e. The van der Waals surface area contributed by atoms with E-state index in [0.29, 0.717) is 18.0 Å². The third kappa shape index (κ3) is 4.69. The van der Waals surface area contributed by atoms with E-state index in [4.69, 9.17) is 14.6 Å². The van der Waals surface area contributed by atoms with Crippen molar-refractivity contribution >= 4 is 17.3 Å². The lowest BCUT2D eigenvalue weighted by atomic mass is 9.86. The Morgan fingerprint density at radius 1 is 1.31 bits per heavy atom. The molecule has 0 spiro atoms. The number of aromatic carboxylic acids is 1. The molecule has 5 unspecified atom stereocenters. The number of hydrogen-bond acceptors (Lipinski definition) is 6. The largest absolute Gasteiger partial charge is 0.493 e. The van der Waals surface area contributed by atoms with Gasteiger partial charge in [-0.15, -0.1) is 11.3 Å². The minimum Gasteiger partial charge on any atom is -0.493 e. The fraction of sp³-hybridized carbons (Fsp3) is 0.455. The maximum Gasteiger partial charge on any atom is 0.355 e. The van der Waals surface area contributed by atoms with Crippen molar-refractivity contribution in [3.8, 4) is 5.75 Å². The van der Waals surface area contributed by atoms with Gasteiger partial charge in [-0.05, 0) is 37.3 Å². The first kappa shape index (κ1) is 20.1. The molecule has 0 amide bonds. The predicted molar refractivity (Wildman–Crippen MR) is 109 cm³/mol. The van der Waals surface area contributed by atoms with Crippen molar-refractivity contribution < 1.29 is 24.5 Å². The van der Waals surface area contributed by atoms with Crippen LogP contribution in [0, 0.1) is 11.8 Å². The molecule has 0 bridgehead atoms. The predicted octanol–water partition coefficient (Wildman–Crippen LogP) is 4.08. The van der Waals surface area contributed by atoms with Crippen molar-refractivity contribution in [3.63, 3.8) is 0 Å². The van der Waals surface area contributed by atoms with Gasteiger partial charge in [0.05, 0.1) is 18.8 Å². The van der Waals surface area contributed by atoms with E-state index in [9.17, 15) is 9.90 Å². The molecule has 6 nitrogen and oxygen atoms in total. The minimum absolute atomic E-state index is 0.0175. The number of carboxylic acids is 1. The van der Waals surface area contributed by atoms with Crippen LogP contribution >= 0.6 is 11.3 Å². The fourth-order valence-corrected chi connectivity index (χ4v) is 5.12. The van der Waals surface area contributed by atoms with Gasteiger partial charge in [0.15, 0.2) is 5.69 Å². The average Bonchev–Trinajstić information content (AvgIpc) is 3.33. The Labute approximate surface area is 173 Å². The summed E-state index contributed by atoms with van der Waals surface area (Å²) in [6.07, 6.45) is 6.71. The number of benzene rings is 1. The van der Waals surface area contributed by atoms with Crippen LogP contribution in [0.4, 0.5) is 0 Å². The van der Waals surface area contributed by atoms with Crippen LogP contribution in [0.1, 0.15) is 47.3 Å². The maximum absolute atomic E-state index is 11.0. The second-order valence-corrected chi connectivity index (χ2v) is 8.43. The van der Waals surface area contributed by atoms with Gasteiger partial charge in [-0.1, -0.05) is 30.4 Å². The zero-order valence-corrected chi connectivity index (χ0v) is 16.8. The summed E-state index contributed by atoms with van der Waals surface area (Å²) in [4.78, 5) is 15.2. The maximum atomic E-state index is 11.0. The Morgan fingerprint density at radius 3 is 2.90 bits per heavy atom. The van der Waals surface area contributed by atoms with E-state index < -0.39 is 12.1 Å². The number of aliphatic hydroxyl groups is 1. The number of carboxylic acid groups (broad SMARTS) is 1. The van der Waals surface area contributed by atoms with Crippen molar-refractivity contribution in [1.29, 1.82) is 0 Å². The van der Waals surface area contributed by atoms with Crippen LogP contribution in [-0.2, 0) is 4.74 Å². The van der Waals surface area contributed by atoms with Crippen LogP contribution in [-0.4, -0.2) is 40.0 Å². The van der Waals surface area contributed by atoms with Crippen LogP contribution < -0.4 is 4.74 Å². The SMILES string of the molecule is O=C(O)c1csc(C2CCC3C(CC(O)C3C=CCCOc3ccccc3)O2)n1. The number of fused-ring (bicyclic) bond motifs is 1. The number of thiazole rings is 1. The number of nitrogens with zero attached hydrogens (tertiary/aromatic N) is 1. The number of para-hydroxylation sites is 1. The molecule has 1 aliphatic carbocycles. The Bertz CT molecular complexity index is 852. The van der Waals surface area contributed by atoms with Gasteiger partial charge < -0.3 is 19.7 Å².